The van der Waals surface area contributed by atoms with Crippen LogP contribution in [0.4, 0.5) is 0 Å². The summed E-state index contributed by atoms with van der Waals surface area (Å²) < 4.78 is 9.89. The van der Waals surface area contributed by atoms with Gasteiger partial charge in [-0.1, -0.05) is 12.2 Å². The molecule has 0 saturated carbocycles. The van der Waals surface area contributed by atoms with E-state index in [-0.39, 0.29) is 12.5 Å². The number of nitrogens with zero attached hydrogens (tertiary/aromatic N) is 1. The smallest absolute Gasteiger partial charge is 0.318 e. The van der Waals surface area contributed by atoms with Crippen LogP contribution < -0.4 is 0 Å². The second-order valence-corrected chi connectivity index (χ2v) is 6.29. The van der Waals surface area contributed by atoms with Gasteiger partial charge in [0.15, 0.2) is 4.51 Å². The largest absolute Gasteiger partial charge is 0.465 e. The average Bonchev–Trinajstić information content (AvgIpc) is 2.47. The molecule has 0 aromatic carbocycles. The number of hydrogen-bond donors (Lipinski definition) is 0. The van der Waals surface area contributed by atoms with Gasteiger partial charge in [-0.05, 0) is 41.8 Å². The highest BCUT2D eigenvalue weighted by atomic mass is 79.9. The fourth-order valence-electron chi connectivity index (χ4n) is 2.83. The van der Waals surface area contributed by atoms with E-state index in [1.54, 1.807) is 18.9 Å². The molecule has 0 fully saturated rings. The van der Waals surface area contributed by atoms with Gasteiger partial charge in [-0.2, -0.15) is 0 Å². The Kier molecular flexibility index (Phi) is 4.88. The van der Waals surface area contributed by atoms with Crippen molar-refractivity contribution in [3.8, 4) is 0 Å². The van der Waals surface area contributed by atoms with Crippen LogP contribution in [-0.4, -0.2) is 41.5 Å². The summed E-state index contributed by atoms with van der Waals surface area (Å²) in [5.41, 5.74) is 1.75. The number of amides is 1. The second-order valence-electron chi connectivity index (χ2n) is 5.00. The van der Waals surface area contributed by atoms with Gasteiger partial charge < -0.3 is 14.4 Å². The van der Waals surface area contributed by atoms with Crippen molar-refractivity contribution in [1.29, 1.82) is 0 Å². The SMILES string of the molecule is CCOC(=O)C1CC2=C(N(CC)C1=O)C(Br)(OC)CC=C2. The zero-order valence-corrected chi connectivity index (χ0v) is 14.1. The lowest BCUT2D eigenvalue weighted by Crippen LogP contribution is -2.50. The van der Waals surface area contributed by atoms with Gasteiger partial charge in [-0.25, -0.2) is 0 Å². The van der Waals surface area contributed by atoms with Crippen molar-refractivity contribution >= 4 is 27.8 Å². The number of allylic oxidation sites excluding steroid dienone is 2. The third-order valence-electron chi connectivity index (χ3n) is 3.83. The summed E-state index contributed by atoms with van der Waals surface area (Å²) in [6.45, 7) is 4.38. The zero-order valence-electron chi connectivity index (χ0n) is 12.5. The molecular weight excluding hydrogens is 338 g/mol. The molecule has 0 bridgehead atoms. The molecule has 0 N–H and O–H groups in total. The molecule has 0 aromatic heterocycles. The molecule has 0 spiro atoms. The summed E-state index contributed by atoms with van der Waals surface area (Å²) in [5, 5.41) is 0. The Hall–Kier alpha value is -1.14. The predicted molar refractivity (Wildman–Crippen MR) is 81.6 cm³/mol. The number of ether oxygens (including phenoxy) is 2. The van der Waals surface area contributed by atoms with Gasteiger partial charge in [-0.3, -0.25) is 9.59 Å². The Labute approximate surface area is 133 Å². The van der Waals surface area contributed by atoms with Gasteiger partial charge in [0.1, 0.15) is 5.92 Å². The van der Waals surface area contributed by atoms with E-state index in [1.807, 2.05) is 19.1 Å². The Balaban J connectivity index is 2.43. The molecule has 0 saturated heterocycles. The molecule has 6 heteroatoms. The molecule has 5 nitrogen and oxygen atoms in total. The predicted octanol–water partition coefficient (Wildman–Crippen LogP) is 2.37. The molecule has 2 rings (SSSR count). The van der Waals surface area contributed by atoms with Crippen molar-refractivity contribution < 1.29 is 19.1 Å². The van der Waals surface area contributed by atoms with Crippen molar-refractivity contribution in [2.45, 2.75) is 31.2 Å². The van der Waals surface area contributed by atoms with Gasteiger partial charge in [0, 0.05) is 20.1 Å². The lowest BCUT2D eigenvalue weighted by atomic mass is 9.86. The van der Waals surface area contributed by atoms with E-state index in [2.05, 4.69) is 15.9 Å². The van der Waals surface area contributed by atoms with Gasteiger partial charge in [0.05, 0.1) is 12.3 Å². The quantitative estimate of drug-likeness (QED) is 0.440. The number of carbonyl (C=O) groups excluding carboxylic acids is 2. The molecule has 2 atom stereocenters. The van der Waals surface area contributed by atoms with Crippen molar-refractivity contribution in [2.75, 3.05) is 20.3 Å². The van der Waals surface area contributed by atoms with Crippen molar-refractivity contribution in [1.82, 2.24) is 4.90 Å². The number of halogens is 1. The van der Waals surface area contributed by atoms with Crippen molar-refractivity contribution in [3.05, 3.63) is 23.4 Å². The molecule has 2 unspecified atom stereocenters. The fraction of sp³-hybridized carbons (Fsp3) is 0.600. The maximum Gasteiger partial charge on any atom is 0.318 e. The van der Waals surface area contributed by atoms with Crippen molar-refractivity contribution in [2.24, 2.45) is 5.92 Å². The molecule has 116 valence electrons. The minimum atomic E-state index is -0.764. The first-order chi connectivity index (χ1) is 9.98. The van der Waals surface area contributed by atoms with E-state index >= 15 is 0 Å². The first kappa shape index (κ1) is 16.2. The highest BCUT2D eigenvalue weighted by molar-refractivity contribution is 9.10. The van der Waals surface area contributed by atoms with Crippen LogP contribution in [0.25, 0.3) is 0 Å². The summed E-state index contributed by atoms with van der Waals surface area (Å²) in [5.74, 6) is -1.44. The van der Waals surface area contributed by atoms with Crippen LogP contribution in [0, 0.1) is 5.92 Å². The van der Waals surface area contributed by atoms with E-state index in [9.17, 15) is 9.59 Å². The summed E-state index contributed by atoms with van der Waals surface area (Å²) in [6, 6.07) is 0. The zero-order chi connectivity index (χ0) is 15.6. The minimum absolute atomic E-state index is 0.217. The van der Waals surface area contributed by atoms with Gasteiger partial charge in [0.2, 0.25) is 5.91 Å². The number of likely N-dealkylation sites (N-methyl/N-ethyl adjacent to an activating group) is 1. The molecule has 0 aromatic rings. The van der Waals surface area contributed by atoms with E-state index in [4.69, 9.17) is 9.47 Å². The third-order valence-corrected chi connectivity index (χ3v) is 4.85. The van der Waals surface area contributed by atoms with E-state index in [1.165, 1.54) is 0 Å². The average molecular weight is 358 g/mol. The molecule has 21 heavy (non-hydrogen) atoms. The monoisotopic (exact) mass is 357 g/mol. The summed E-state index contributed by atoms with van der Waals surface area (Å²) in [7, 11) is 1.61. The van der Waals surface area contributed by atoms with Gasteiger partial charge in [-0.15, -0.1) is 0 Å². The minimum Gasteiger partial charge on any atom is -0.465 e. The van der Waals surface area contributed by atoms with Gasteiger partial charge in [0.25, 0.3) is 0 Å². The Morgan fingerprint density at radius 1 is 1.52 bits per heavy atom. The number of alkyl halides is 1. The molecule has 1 aliphatic carbocycles. The fourth-order valence-corrected chi connectivity index (χ4v) is 3.49. The normalized spacial score (nSPS) is 28.7. The van der Waals surface area contributed by atoms with Crippen molar-refractivity contribution in [3.63, 3.8) is 0 Å². The van der Waals surface area contributed by atoms with Crippen LogP contribution in [0.15, 0.2) is 23.4 Å². The molecule has 1 aliphatic heterocycles. The van der Waals surface area contributed by atoms with E-state index in [0.29, 0.717) is 19.4 Å². The van der Waals surface area contributed by atoms with E-state index in [0.717, 1.165) is 11.3 Å². The lowest BCUT2D eigenvalue weighted by molar-refractivity contribution is -0.156. The van der Waals surface area contributed by atoms with Crippen LogP contribution in [0.2, 0.25) is 0 Å². The maximum atomic E-state index is 12.6. The molecule has 0 radical (unpaired) electrons. The molecular formula is C15H20BrNO4. The first-order valence-corrected chi connectivity index (χ1v) is 7.90. The highest BCUT2D eigenvalue weighted by Crippen LogP contribution is 2.44. The Bertz CT molecular complexity index is 514. The van der Waals surface area contributed by atoms with Crippen LogP contribution in [0.1, 0.15) is 26.7 Å². The van der Waals surface area contributed by atoms with Crippen LogP contribution in [-0.2, 0) is 19.1 Å². The molecule has 2 aliphatic rings. The van der Waals surface area contributed by atoms with E-state index < -0.39 is 16.4 Å². The summed E-state index contributed by atoms with van der Waals surface area (Å²) >= 11 is 3.59. The number of rotatable bonds is 4. The third kappa shape index (κ3) is 2.79. The molecule has 1 amide bonds. The lowest BCUT2D eigenvalue weighted by Gasteiger charge is -2.42. The number of hydrogen-bond acceptors (Lipinski definition) is 4. The number of methoxy groups -OCH3 is 1. The van der Waals surface area contributed by atoms with Gasteiger partial charge >= 0.3 is 5.97 Å². The summed E-state index contributed by atoms with van der Waals surface area (Å²) in [6.07, 6.45) is 4.95. The van der Waals surface area contributed by atoms with Crippen LogP contribution in [0.5, 0.6) is 0 Å². The Morgan fingerprint density at radius 2 is 2.24 bits per heavy atom. The van der Waals surface area contributed by atoms with Crippen LogP contribution in [0.3, 0.4) is 0 Å². The first-order valence-electron chi connectivity index (χ1n) is 7.10. The number of carbonyl (C=O) groups is 2. The van der Waals surface area contributed by atoms with Crippen LogP contribution >= 0.6 is 15.9 Å². The maximum absolute atomic E-state index is 12.6. The number of esters is 1. The molecule has 1 heterocycles. The topological polar surface area (TPSA) is 55.8 Å². The summed E-state index contributed by atoms with van der Waals surface area (Å²) in [4.78, 5) is 26.3. The highest BCUT2D eigenvalue weighted by Gasteiger charge is 2.46. The standard InChI is InChI=1S/C15H20BrNO4/c1-4-17-12-10(7-6-8-15(12,16)20-3)9-11(13(17)18)14(19)21-5-2/h6-7,11H,4-5,8-9H2,1-3H3. The Morgan fingerprint density at radius 3 is 2.81 bits per heavy atom. The second kappa shape index (κ2) is 6.32.